The Balaban J connectivity index is 1.89. The number of benzene rings is 2. The Morgan fingerprint density at radius 2 is 1.85 bits per heavy atom. The lowest BCUT2D eigenvalue weighted by Crippen LogP contribution is -2.31. The van der Waals surface area contributed by atoms with Gasteiger partial charge >= 0.3 is 0 Å². The van der Waals surface area contributed by atoms with E-state index in [4.69, 9.17) is 16.0 Å². The third-order valence-electron chi connectivity index (χ3n) is 5.49. The molecule has 0 radical (unpaired) electrons. The summed E-state index contributed by atoms with van der Waals surface area (Å²) in [5.74, 6) is -0.997. The molecule has 10 heteroatoms. The number of nitrogens with zero attached hydrogens (tertiary/aromatic N) is 3. The van der Waals surface area contributed by atoms with Gasteiger partial charge < -0.3 is 9.32 Å². The molecule has 33 heavy (non-hydrogen) atoms. The standard InChI is InChI=1S/C23H23ClFN3O4S/c1-13-9-20(29)28(12-14-5-7-15(24)8-6-14)18-10-16(17(25)11-19(18)33(13,30)31)21-26-27-22(32-21)23(2,3)4/h5-8,10-11,13H,9,12H2,1-4H3/t13-/m1/s1. The van der Waals surface area contributed by atoms with Crippen LogP contribution in [0.1, 0.15) is 45.6 Å². The number of hydrogen-bond donors (Lipinski definition) is 0. The molecule has 174 valence electrons. The molecule has 0 spiro atoms. The van der Waals surface area contributed by atoms with Crippen LogP contribution in [0, 0.1) is 5.82 Å². The molecule has 0 bridgehead atoms. The number of rotatable bonds is 3. The number of anilines is 1. The second kappa shape index (κ2) is 8.22. The smallest absolute Gasteiger partial charge is 0.250 e. The van der Waals surface area contributed by atoms with Crippen molar-refractivity contribution in [3.8, 4) is 11.5 Å². The van der Waals surface area contributed by atoms with Crippen LogP contribution in [-0.2, 0) is 26.6 Å². The molecule has 1 aliphatic rings. The minimum atomic E-state index is -3.95. The Bertz CT molecular complexity index is 1330. The maximum Gasteiger partial charge on any atom is 0.250 e. The van der Waals surface area contributed by atoms with Crippen molar-refractivity contribution >= 4 is 33.0 Å². The molecule has 2 heterocycles. The molecule has 0 fully saturated rings. The number of carbonyl (C=O) groups excluding carboxylic acids is 1. The van der Waals surface area contributed by atoms with Crippen LogP contribution in [0.4, 0.5) is 10.1 Å². The van der Waals surface area contributed by atoms with Gasteiger partial charge in [0.05, 0.1) is 27.9 Å². The van der Waals surface area contributed by atoms with Crippen LogP contribution in [0.25, 0.3) is 11.5 Å². The van der Waals surface area contributed by atoms with Gasteiger partial charge in [0.25, 0.3) is 5.89 Å². The summed E-state index contributed by atoms with van der Waals surface area (Å²) in [6, 6.07) is 9.09. The fourth-order valence-electron chi connectivity index (χ4n) is 3.54. The third kappa shape index (κ3) is 4.39. The maximum absolute atomic E-state index is 15.2. The number of carbonyl (C=O) groups is 1. The van der Waals surface area contributed by atoms with E-state index in [0.29, 0.717) is 10.9 Å². The third-order valence-corrected chi connectivity index (χ3v) is 7.91. The first-order valence-electron chi connectivity index (χ1n) is 10.3. The summed E-state index contributed by atoms with van der Waals surface area (Å²) in [5, 5.41) is 7.48. The minimum Gasteiger partial charge on any atom is -0.420 e. The topological polar surface area (TPSA) is 93.4 Å². The van der Waals surface area contributed by atoms with E-state index < -0.39 is 32.2 Å². The van der Waals surface area contributed by atoms with Gasteiger partial charge in [0.15, 0.2) is 9.84 Å². The fraction of sp³-hybridized carbons (Fsp3) is 0.348. The van der Waals surface area contributed by atoms with E-state index in [1.54, 1.807) is 24.3 Å². The maximum atomic E-state index is 15.2. The number of amides is 1. The molecule has 1 aliphatic heterocycles. The molecule has 1 aromatic heterocycles. The molecule has 1 amide bonds. The number of aromatic nitrogens is 2. The molecular formula is C23H23ClFN3O4S. The first-order valence-corrected chi connectivity index (χ1v) is 12.3. The zero-order chi connectivity index (χ0) is 24.1. The van der Waals surface area contributed by atoms with Gasteiger partial charge in [-0.25, -0.2) is 12.8 Å². The predicted molar refractivity (Wildman–Crippen MR) is 122 cm³/mol. The molecule has 0 unspecified atom stereocenters. The summed E-state index contributed by atoms with van der Waals surface area (Å²) in [6.45, 7) is 7.16. The zero-order valence-corrected chi connectivity index (χ0v) is 20.2. The molecule has 2 aromatic carbocycles. The molecular weight excluding hydrogens is 469 g/mol. The zero-order valence-electron chi connectivity index (χ0n) is 18.6. The van der Waals surface area contributed by atoms with Crippen molar-refractivity contribution in [2.45, 2.75) is 56.2 Å². The van der Waals surface area contributed by atoms with E-state index in [2.05, 4.69) is 10.2 Å². The molecule has 0 aliphatic carbocycles. The second-order valence-corrected chi connectivity index (χ2v) is 11.9. The second-order valence-electron chi connectivity index (χ2n) is 9.13. The molecule has 1 atom stereocenters. The van der Waals surface area contributed by atoms with Crippen LogP contribution in [0.15, 0.2) is 45.7 Å². The van der Waals surface area contributed by atoms with E-state index in [-0.39, 0.29) is 35.0 Å². The SMILES string of the molecule is C[C@@H]1CC(=O)N(Cc2ccc(Cl)cc2)c2cc(-c3nnc(C(C)(C)C)o3)c(F)cc2S1(=O)=O. The van der Waals surface area contributed by atoms with Crippen LogP contribution in [0.2, 0.25) is 5.02 Å². The molecule has 4 rings (SSSR count). The highest BCUT2D eigenvalue weighted by molar-refractivity contribution is 7.92. The van der Waals surface area contributed by atoms with E-state index >= 15 is 4.39 Å². The van der Waals surface area contributed by atoms with Crippen molar-refractivity contribution in [3.63, 3.8) is 0 Å². The highest BCUT2D eigenvalue weighted by Crippen LogP contribution is 2.39. The Labute approximate surface area is 196 Å². The Morgan fingerprint density at radius 1 is 1.18 bits per heavy atom. The highest BCUT2D eigenvalue weighted by atomic mass is 35.5. The largest absolute Gasteiger partial charge is 0.420 e. The van der Waals surface area contributed by atoms with Gasteiger partial charge in [0.1, 0.15) is 5.82 Å². The summed E-state index contributed by atoms with van der Waals surface area (Å²) in [6.07, 6.45) is -0.226. The number of sulfone groups is 1. The van der Waals surface area contributed by atoms with Crippen molar-refractivity contribution in [2.24, 2.45) is 0 Å². The van der Waals surface area contributed by atoms with Crippen LogP contribution >= 0.6 is 11.6 Å². The average Bonchev–Trinajstić information content (AvgIpc) is 3.21. The molecule has 7 nitrogen and oxygen atoms in total. The number of halogens is 2. The normalized spacial score (nSPS) is 18.2. The lowest BCUT2D eigenvalue weighted by molar-refractivity contribution is -0.118. The van der Waals surface area contributed by atoms with Crippen molar-refractivity contribution in [1.82, 2.24) is 10.2 Å². The van der Waals surface area contributed by atoms with Crippen LogP contribution in [-0.4, -0.2) is 29.8 Å². The van der Waals surface area contributed by atoms with Crippen molar-refractivity contribution in [3.05, 3.63) is 58.7 Å². The molecule has 0 N–H and O–H groups in total. The van der Waals surface area contributed by atoms with E-state index in [1.165, 1.54) is 17.9 Å². The minimum absolute atomic E-state index is 0.0737. The average molecular weight is 492 g/mol. The van der Waals surface area contributed by atoms with Crippen molar-refractivity contribution < 1.29 is 22.0 Å². The Hall–Kier alpha value is -2.78. The number of hydrogen-bond acceptors (Lipinski definition) is 6. The van der Waals surface area contributed by atoms with Crippen LogP contribution < -0.4 is 4.90 Å². The highest BCUT2D eigenvalue weighted by Gasteiger charge is 2.38. The van der Waals surface area contributed by atoms with Gasteiger partial charge in [0, 0.05) is 16.9 Å². The fourth-order valence-corrected chi connectivity index (χ4v) is 5.19. The summed E-state index contributed by atoms with van der Waals surface area (Å²) >= 11 is 5.96. The van der Waals surface area contributed by atoms with Crippen molar-refractivity contribution in [1.29, 1.82) is 0 Å². The number of fused-ring (bicyclic) bond motifs is 1. The monoisotopic (exact) mass is 491 g/mol. The van der Waals surface area contributed by atoms with Crippen molar-refractivity contribution in [2.75, 3.05) is 4.90 Å². The van der Waals surface area contributed by atoms with Gasteiger partial charge in [-0.2, -0.15) is 0 Å². The van der Waals surface area contributed by atoms with Gasteiger partial charge in [-0.3, -0.25) is 4.79 Å². The first kappa shape index (κ1) is 23.4. The van der Waals surface area contributed by atoms with Gasteiger partial charge in [-0.05, 0) is 36.8 Å². The van der Waals surface area contributed by atoms with Crippen LogP contribution in [0.5, 0.6) is 0 Å². The van der Waals surface area contributed by atoms with Crippen LogP contribution in [0.3, 0.4) is 0 Å². The summed E-state index contributed by atoms with van der Waals surface area (Å²) < 4.78 is 47.1. The van der Waals surface area contributed by atoms with E-state index in [0.717, 1.165) is 11.6 Å². The molecule has 0 saturated heterocycles. The Morgan fingerprint density at radius 3 is 2.45 bits per heavy atom. The Kier molecular flexibility index (Phi) is 5.82. The lowest BCUT2D eigenvalue weighted by atomic mass is 9.97. The first-order chi connectivity index (χ1) is 15.4. The van der Waals surface area contributed by atoms with E-state index in [9.17, 15) is 13.2 Å². The predicted octanol–water partition coefficient (Wildman–Crippen LogP) is 4.93. The molecule has 0 saturated carbocycles. The van der Waals surface area contributed by atoms with E-state index in [1.807, 2.05) is 20.8 Å². The van der Waals surface area contributed by atoms with Gasteiger partial charge in [0.2, 0.25) is 11.8 Å². The molecule has 3 aromatic rings. The quantitative estimate of drug-likeness (QED) is 0.516. The summed E-state index contributed by atoms with van der Waals surface area (Å²) in [4.78, 5) is 14.2. The summed E-state index contributed by atoms with van der Waals surface area (Å²) in [5.41, 5.74) is 0.286. The summed E-state index contributed by atoms with van der Waals surface area (Å²) in [7, 11) is -3.95. The van der Waals surface area contributed by atoms with Gasteiger partial charge in [-0.1, -0.05) is 44.5 Å². The lowest BCUT2D eigenvalue weighted by Gasteiger charge is -2.23. The van der Waals surface area contributed by atoms with Gasteiger partial charge in [-0.15, -0.1) is 10.2 Å².